The standard InChI is InChI=1S/C21H23ClN2O3/c1-12-18(22)20(25)15(10-24(3)4)17-16(13(2)23-19(12)17)21(26)27-11-14-8-6-5-7-9-14/h5-9,23,25H,10-11H2,1-4H3. The minimum atomic E-state index is -0.427. The minimum absolute atomic E-state index is 0.00600. The Balaban J connectivity index is 2.09. The summed E-state index contributed by atoms with van der Waals surface area (Å²) in [6.07, 6.45) is 0. The molecule has 142 valence electrons. The summed E-state index contributed by atoms with van der Waals surface area (Å²) in [5.74, 6) is -0.421. The second-order valence-corrected chi connectivity index (χ2v) is 7.32. The van der Waals surface area contributed by atoms with Crippen molar-refractivity contribution in [2.75, 3.05) is 14.1 Å². The van der Waals surface area contributed by atoms with Crippen molar-refractivity contribution in [3.05, 3.63) is 63.3 Å². The molecule has 0 aliphatic heterocycles. The van der Waals surface area contributed by atoms with Crippen LogP contribution in [0.2, 0.25) is 5.02 Å². The van der Waals surface area contributed by atoms with Crippen molar-refractivity contribution in [3.8, 4) is 5.75 Å². The number of aromatic hydroxyl groups is 1. The molecule has 1 heterocycles. The molecule has 1 aromatic heterocycles. The summed E-state index contributed by atoms with van der Waals surface area (Å²) in [5.41, 5.74) is 4.11. The van der Waals surface area contributed by atoms with Gasteiger partial charge in [-0.15, -0.1) is 0 Å². The summed E-state index contributed by atoms with van der Waals surface area (Å²) < 4.78 is 5.54. The van der Waals surface area contributed by atoms with Gasteiger partial charge >= 0.3 is 5.97 Å². The summed E-state index contributed by atoms with van der Waals surface area (Å²) in [6, 6.07) is 9.53. The Morgan fingerprint density at radius 1 is 1.22 bits per heavy atom. The lowest BCUT2D eigenvalue weighted by atomic mass is 10.00. The lowest BCUT2D eigenvalue weighted by Gasteiger charge is -2.16. The van der Waals surface area contributed by atoms with Crippen molar-refractivity contribution in [3.63, 3.8) is 0 Å². The molecule has 0 atom stereocenters. The molecular weight excluding hydrogens is 364 g/mol. The fourth-order valence-corrected chi connectivity index (χ4v) is 3.48. The highest BCUT2D eigenvalue weighted by molar-refractivity contribution is 6.34. The van der Waals surface area contributed by atoms with Gasteiger partial charge in [-0.1, -0.05) is 41.9 Å². The van der Waals surface area contributed by atoms with Crippen LogP contribution in [0.25, 0.3) is 10.9 Å². The van der Waals surface area contributed by atoms with E-state index in [1.807, 2.05) is 63.2 Å². The molecule has 2 N–H and O–H groups in total. The summed E-state index contributed by atoms with van der Waals surface area (Å²) in [5, 5.41) is 11.6. The molecule has 2 aromatic carbocycles. The number of phenolic OH excluding ortho intramolecular Hbond substituents is 1. The Hall–Kier alpha value is -2.50. The number of ether oxygens (including phenoxy) is 1. The van der Waals surface area contributed by atoms with Gasteiger partial charge in [-0.3, -0.25) is 0 Å². The molecule has 27 heavy (non-hydrogen) atoms. The zero-order valence-electron chi connectivity index (χ0n) is 15.9. The van der Waals surface area contributed by atoms with Gasteiger partial charge in [-0.2, -0.15) is 0 Å². The fourth-order valence-electron chi connectivity index (χ4n) is 3.27. The number of carbonyl (C=O) groups is 1. The average Bonchev–Trinajstić information content (AvgIpc) is 2.99. The predicted molar refractivity (Wildman–Crippen MR) is 107 cm³/mol. The second-order valence-electron chi connectivity index (χ2n) is 6.94. The molecule has 0 saturated heterocycles. The minimum Gasteiger partial charge on any atom is -0.506 e. The number of halogens is 1. The third kappa shape index (κ3) is 3.66. The number of phenols is 1. The monoisotopic (exact) mass is 386 g/mol. The maximum atomic E-state index is 12.9. The van der Waals surface area contributed by atoms with Crippen LogP contribution >= 0.6 is 11.6 Å². The molecule has 3 aromatic rings. The van der Waals surface area contributed by atoms with Crippen LogP contribution in [-0.2, 0) is 17.9 Å². The van der Waals surface area contributed by atoms with E-state index in [1.165, 1.54) is 0 Å². The number of benzene rings is 2. The summed E-state index contributed by atoms with van der Waals surface area (Å²) >= 11 is 6.32. The van der Waals surface area contributed by atoms with Gasteiger partial charge in [0.25, 0.3) is 0 Å². The zero-order chi connectivity index (χ0) is 19.7. The Morgan fingerprint density at radius 2 is 1.89 bits per heavy atom. The smallest absolute Gasteiger partial charge is 0.340 e. The van der Waals surface area contributed by atoms with Crippen LogP contribution < -0.4 is 0 Å². The lowest BCUT2D eigenvalue weighted by molar-refractivity contribution is 0.0474. The summed E-state index contributed by atoms with van der Waals surface area (Å²) in [6.45, 7) is 4.27. The highest BCUT2D eigenvalue weighted by Crippen LogP contribution is 2.41. The second kappa shape index (κ2) is 7.62. The highest BCUT2D eigenvalue weighted by Gasteiger charge is 2.25. The zero-order valence-corrected chi connectivity index (χ0v) is 16.6. The molecule has 3 rings (SSSR count). The van der Waals surface area contributed by atoms with E-state index in [0.717, 1.165) is 11.1 Å². The van der Waals surface area contributed by atoms with Gasteiger partial charge in [0.2, 0.25) is 0 Å². The Labute approximate surface area is 163 Å². The SMILES string of the molecule is Cc1[nH]c2c(C)c(Cl)c(O)c(CN(C)C)c2c1C(=O)OCc1ccccc1. The lowest BCUT2D eigenvalue weighted by Crippen LogP contribution is -2.13. The van der Waals surface area contributed by atoms with Crippen molar-refractivity contribution in [1.82, 2.24) is 9.88 Å². The molecule has 6 heteroatoms. The number of nitrogens with zero attached hydrogens (tertiary/aromatic N) is 1. The molecule has 0 fully saturated rings. The molecule has 0 unspecified atom stereocenters. The number of aryl methyl sites for hydroxylation is 2. The van der Waals surface area contributed by atoms with Gasteiger partial charge in [-0.05, 0) is 39.1 Å². The quantitative estimate of drug-likeness (QED) is 0.631. The molecule has 0 aliphatic rings. The average molecular weight is 387 g/mol. The number of aromatic nitrogens is 1. The maximum Gasteiger partial charge on any atom is 0.340 e. The molecule has 0 bridgehead atoms. The molecule has 0 spiro atoms. The third-order valence-electron chi connectivity index (χ3n) is 4.58. The van der Waals surface area contributed by atoms with Gasteiger partial charge in [0.15, 0.2) is 0 Å². The van der Waals surface area contributed by atoms with Crippen LogP contribution in [0.15, 0.2) is 30.3 Å². The van der Waals surface area contributed by atoms with Gasteiger partial charge in [0.1, 0.15) is 12.4 Å². The Kier molecular flexibility index (Phi) is 5.44. The maximum absolute atomic E-state index is 12.9. The van der Waals surface area contributed by atoms with Gasteiger partial charge < -0.3 is 19.7 Å². The number of carbonyl (C=O) groups excluding carboxylic acids is 1. The van der Waals surface area contributed by atoms with E-state index in [2.05, 4.69) is 4.98 Å². The van der Waals surface area contributed by atoms with Crippen molar-refractivity contribution < 1.29 is 14.6 Å². The number of hydrogen-bond acceptors (Lipinski definition) is 4. The molecular formula is C21H23ClN2O3. The van der Waals surface area contributed by atoms with Crippen LogP contribution in [0.5, 0.6) is 5.75 Å². The molecule has 0 radical (unpaired) electrons. The molecule has 0 aliphatic carbocycles. The van der Waals surface area contributed by atoms with Crippen molar-refractivity contribution >= 4 is 28.5 Å². The number of fused-ring (bicyclic) bond motifs is 1. The topological polar surface area (TPSA) is 65.6 Å². The van der Waals surface area contributed by atoms with Crippen LogP contribution in [0.3, 0.4) is 0 Å². The van der Waals surface area contributed by atoms with Crippen LogP contribution in [-0.4, -0.2) is 35.1 Å². The van der Waals surface area contributed by atoms with E-state index in [9.17, 15) is 9.90 Å². The Morgan fingerprint density at radius 3 is 2.52 bits per heavy atom. The first-order valence-corrected chi connectivity index (χ1v) is 9.07. The Bertz CT molecular complexity index is 994. The van der Waals surface area contributed by atoms with Gasteiger partial charge in [0, 0.05) is 23.2 Å². The fraction of sp³-hybridized carbons (Fsp3) is 0.286. The normalized spacial score (nSPS) is 11.3. The third-order valence-corrected chi connectivity index (χ3v) is 5.04. The first-order chi connectivity index (χ1) is 12.8. The van der Waals surface area contributed by atoms with Crippen molar-refractivity contribution in [2.24, 2.45) is 0 Å². The van der Waals surface area contributed by atoms with E-state index < -0.39 is 5.97 Å². The van der Waals surface area contributed by atoms with Gasteiger partial charge in [-0.25, -0.2) is 4.79 Å². The first-order valence-electron chi connectivity index (χ1n) is 8.69. The van der Waals surface area contributed by atoms with E-state index in [4.69, 9.17) is 16.3 Å². The van der Waals surface area contributed by atoms with E-state index in [-0.39, 0.29) is 12.4 Å². The first kappa shape index (κ1) is 19.3. The summed E-state index contributed by atoms with van der Waals surface area (Å²) in [7, 11) is 3.79. The largest absolute Gasteiger partial charge is 0.506 e. The molecule has 0 saturated carbocycles. The molecule has 0 amide bonds. The number of H-pyrrole nitrogens is 1. The summed E-state index contributed by atoms with van der Waals surface area (Å²) in [4.78, 5) is 18.0. The predicted octanol–water partition coefficient (Wildman–Crippen LogP) is 4.56. The van der Waals surface area contributed by atoms with Crippen molar-refractivity contribution in [1.29, 1.82) is 0 Å². The van der Waals surface area contributed by atoms with E-state index in [0.29, 0.717) is 39.3 Å². The highest BCUT2D eigenvalue weighted by atomic mass is 35.5. The molecule has 5 nitrogen and oxygen atoms in total. The number of esters is 1. The number of hydrogen-bond donors (Lipinski definition) is 2. The van der Waals surface area contributed by atoms with Crippen LogP contribution in [0.4, 0.5) is 0 Å². The van der Waals surface area contributed by atoms with Gasteiger partial charge in [0.05, 0.1) is 16.1 Å². The van der Waals surface area contributed by atoms with E-state index >= 15 is 0 Å². The van der Waals surface area contributed by atoms with E-state index in [1.54, 1.807) is 0 Å². The van der Waals surface area contributed by atoms with Crippen LogP contribution in [0.1, 0.15) is 32.7 Å². The number of rotatable bonds is 5. The van der Waals surface area contributed by atoms with Crippen LogP contribution in [0, 0.1) is 13.8 Å². The number of nitrogens with one attached hydrogen (secondary N) is 1. The van der Waals surface area contributed by atoms with Crippen molar-refractivity contribution in [2.45, 2.75) is 27.0 Å². The number of aromatic amines is 1.